The maximum Gasteiger partial charge on any atom is 0.134 e. The first-order valence-corrected chi connectivity index (χ1v) is 8.34. The zero-order valence-electron chi connectivity index (χ0n) is 12.8. The van der Waals surface area contributed by atoms with Crippen LogP contribution in [0, 0.1) is 13.8 Å². The van der Waals surface area contributed by atoms with Crippen LogP contribution in [0.1, 0.15) is 41.2 Å². The van der Waals surface area contributed by atoms with Crippen LogP contribution in [0.15, 0.2) is 40.1 Å². The van der Waals surface area contributed by atoms with Gasteiger partial charge in [0.1, 0.15) is 11.3 Å². The molecular weight excluding hydrogens is 278 g/mol. The Bertz CT molecular complexity index is 741. The lowest BCUT2D eigenvalue weighted by molar-refractivity contribution is 0.469. The standard InChI is InChI=1S/C18H21NOS/c1-4-8-19-18(15-7-9-21-13(15)3)17-11-14-10-12(2)5-6-16(14)20-17/h5-7,9-11,18-19H,4,8H2,1-3H3. The predicted octanol–water partition coefficient (Wildman–Crippen LogP) is 5.20. The van der Waals surface area contributed by atoms with Crippen molar-refractivity contribution in [3.63, 3.8) is 0 Å². The molecule has 3 heteroatoms. The van der Waals surface area contributed by atoms with Crippen molar-refractivity contribution in [1.82, 2.24) is 5.32 Å². The van der Waals surface area contributed by atoms with Crippen LogP contribution in [0.5, 0.6) is 0 Å². The predicted molar refractivity (Wildman–Crippen MR) is 90.1 cm³/mol. The first-order chi connectivity index (χ1) is 10.2. The Morgan fingerprint density at radius 2 is 2.05 bits per heavy atom. The van der Waals surface area contributed by atoms with Gasteiger partial charge in [-0.1, -0.05) is 18.6 Å². The van der Waals surface area contributed by atoms with Crippen LogP contribution in [0.3, 0.4) is 0 Å². The normalized spacial score (nSPS) is 12.9. The second-order valence-corrected chi connectivity index (χ2v) is 6.63. The number of aryl methyl sites for hydroxylation is 2. The van der Waals surface area contributed by atoms with E-state index in [9.17, 15) is 0 Å². The molecule has 2 heterocycles. The molecule has 0 fully saturated rings. The van der Waals surface area contributed by atoms with E-state index in [2.05, 4.69) is 61.8 Å². The Kier molecular flexibility index (Phi) is 4.13. The van der Waals surface area contributed by atoms with Crippen molar-refractivity contribution in [3.05, 3.63) is 57.5 Å². The van der Waals surface area contributed by atoms with Crippen LogP contribution >= 0.6 is 11.3 Å². The van der Waals surface area contributed by atoms with E-state index in [0.29, 0.717) is 0 Å². The van der Waals surface area contributed by atoms with Gasteiger partial charge < -0.3 is 9.73 Å². The van der Waals surface area contributed by atoms with Gasteiger partial charge in [-0.25, -0.2) is 0 Å². The molecule has 0 saturated carbocycles. The lowest BCUT2D eigenvalue weighted by Crippen LogP contribution is -2.22. The number of benzene rings is 1. The molecule has 0 saturated heterocycles. The summed E-state index contributed by atoms with van der Waals surface area (Å²) in [7, 11) is 0. The molecule has 0 bridgehead atoms. The highest BCUT2D eigenvalue weighted by Crippen LogP contribution is 2.32. The highest BCUT2D eigenvalue weighted by molar-refractivity contribution is 7.10. The maximum absolute atomic E-state index is 6.10. The SMILES string of the molecule is CCCNC(c1cc2cc(C)ccc2o1)c1ccsc1C. The lowest BCUT2D eigenvalue weighted by atomic mass is 10.0. The van der Waals surface area contributed by atoms with Gasteiger partial charge >= 0.3 is 0 Å². The molecule has 110 valence electrons. The van der Waals surface area contributed by atoms with Gasteiger partial charge in [-0.15, -0.1) is 11.3 Å². The molecule has 2 nitrogen and oxygen atoms in total. The smallest absolute Gasteiger partial charge is 0.134 e. The summed E-state index contributed by atoms with van der Waals surface area (Å²) in [5.74, 6) is 1.01. The number of nitrogens with one attached hydrogen (secondary N) is 1. The zero-order chi connectivity index (χ0) is 14.8. The summed E-state index contributed by atoms with van der Waals surface area (Å²) >= 11 is 1.79. The third kappa shape index (κ3) is 2.89. The van der Waals surface area contributed by atoms with Gasteiger partial charge in [-0.05, 0) is 62.0 Å². The van der Waals surface area contributed by atoms with Crippen molar-refractivity contribution < 1.29 is 4.42 Å². The molecule has 21 heavy (non-hydrogen) atoms. The van der Waals surface area contributed by atoms with E-state index in [1.54, 1.807) is 11.3 Å². The molecule has 0 aliphatic heterocycles. The highest BCUT2D eigenvalue weighted by Gasteiger charge is 2.20. The van der Waals surface area contributed by atoms with Gasteiger partial charge in [0, 0.05) is 10.3 Å². The molecule has 1 unspecified atom stereocenters. The number of furan rings is 1. The van der Waals surface area contributed by atoms with E-state index in [1.165, 1.54) is 21.4 Å². The van der Waals surface area contributed by atoms with Gasteiger partial charge in [0.25, 0.3) is 0 Å². The van der Waals surface area contributed by atoms with Crippen molar-refractivity contribution in [2.45, 2.75) is 33.2 Å². The monoisotopic (exact) mass is 299 g/mol. The second kappa shape index (κ2) is 6.04. The first kappa shape index (κ1) is 14.4. The molecule has 0 spiro atoms. The van der Waals surface area contributed by atoms with Crippen molar-refractivity contribution in [3.8, 4) is 0 Å². The molecule has 1 N–H and O–H groups in total. The fourth-order valence-electron chi connectivity index (χ4n) is 2.67. The third-order valence-corrected chi connectivity index (χ3v) is 4.65. The quantitative estimate of drug-likeness (QED) is 0.700. The largest absolute Gasteiger partial charge is 0.459 e. The topological polar surface area (TPSA) is 25.2 Å². The van der Waals surface area contributed by atoms with Gasteiger partial charge in [0.05, 0.1) is 6.04 Å². The molecule has 0 radical (unpaired) electrons. The Labute approximate surface area is 129 Å². The van der Waals surface area contributed by atoms with E-state index < -0.39 is 0 Å². The van der Waals surface area contributed by atoms with Crippen molar-refractivity contribution in [2.24, 2.45) is 0 Å². The van der Waals surface area contributed by atoms with Crippen LogP contribution in [-0.2, 0) is 0 Å². The molecule has 0 amide bonds. The number of hydrogen-bond acceptors (Lipinski definition) is 3. The van der Waals surface area contributed by atoms with Gasteiger partial charge in [0.15, 0.2) is 0 Å². The average Bonchev–Trinajstić information content (AvgIpc) is 3.06. The molecule has 1 aromatic carbocycles. The van der Waals surface area contributed by atoms with Crippen LogP contribution in [0.25, 0.3) is 11.0 Å². The Morgan fingerprint density at radius 3 is 2.76 bits per heavy atom. The Balaban J connectivity index is 2.03. The summed E-state index contributed by atoms with van der Waals surface area (Å²) in [6, 6.07) is 10.9. The minimum atomic E-state index is 0.143. The van der Waals surface area contributed by atoms with Crippen molar-refractivity contribution >= 4 is 22.3 Å². The fourth-order valence-corrected chi connectivity index (χ4v) is 3.41. The summed E-state index contributed by atoms with van der Waals surface area (Å²) in [6.07, 6.45) is 1.11. The summed E-state index contributed by atoms with van der Waals surface area (Å²) in [6.45, 7) is 7.46. The summed E-state index contributed by atoms with van der Waals surface area (Å²) in [4.78, 5) is 1.35. The molecule has 2 aromatic heterocycles. The van der Waals surface area contributed by atoms with Crippen LogP contribution in [0.4, 0.5) is 0 Å². The fraction of sp³-hybridized carbons (Fsp3) is 0.333. The number of thiophene rings is 1. The Morgan fingerprint density at radius 1 is 1.19 bits per heavy atom. The van der Waals surface area contributed by atoms with Crippen LogP contribution < -0.4 is 5.32 Å². The van der Waals surface area contributed by atoms with E-state index in [-0.39, 0.29) is 6.04 Å². The number of rotatable bonds is 5. The minimum absolute atomic E-state index is 0.143. The van der Waals surface area contributed by atoms with E-state index >= 15 is 0 Å². The van der Waals surface area contributed by atoms with Gasteiger partial charge in [-0.2, -0.15) is 0 Å². The summed E-state index contributed by atoms with van der Waals surface area (Å²) in [5.41, 5.74) is 3.55. The lowest BCUT2D eigenvalue weighted by Gasteiger charge is -2.16. The second-order valence-electron chi connectivity index (χ2n) is 5.51. The van der Waals surface area contributed by atoms with E-state index in [1.807, 2.05) is 0 Å². The van der Waals surface area contributed by atoms with E-state index in [0.717, 1.165) is 24.3 Å². The molecule has 3 aromatic rings. The minimum Gasteiger partial charge on any atom is -0.459 e. The molecule has 0 aliphatic carbocycles. The molecule has 3 rings (SSSR count). The number of fused-ring (bicyclic) bond motifs is 1. The van der Waals surface area contributed by atoms with Gasteiger partial charge in [-0.3, -0.25) is 0 Å². The zero-order valence-corrected chi connectivity index (χ0v) is 13.6. The highest BCUT2D eigenvalue weighted by atomic mass is 32.1. The van der Waals surface area contributed by atoms with Crippen molar-refractivity contribution in [2.75, 3.05) is 6.54 Å². The summed E-state index contributed by atoms with van der Waals surface area (Å²) in [5, 5.41) is 6.95. The average molecular weight is 299 g/mol. The Hall–Kier alpha value is -1.58. The summed E-state index contributed by atoms with van der Waals surface area (Å²) < 4.78 is 6.10. The van der Waals surface area contributed by atoms with Crippen LogP contribution in [-0.4, -0.2) is 6.54 Å². The third-order valence-electron chi connectivity index (χ3n) is 3.78. The molecule has 0 aliphatic rings. The van der Waals surface area contributed by atoms with Crippen molar-refractivity contribution in [1.29, 1.82) is 0 Å². The van der Waals surface area contributed by atoms with E-state index in [4.69, 9.17) is 4.42 Å². The molecular formula is C18H21NOS. The number of hydrogen-bond donors (Lipinski definition) is 1. The van der Waals surface area contributed by atoms with Gasteiger partial charge in [0.2, 0.25) is 0 Å². The maximum atomic E-state index is 6.10. The molecule has 1 atom stereocenters. The first-order valence-electron chi connectivity index (χ1n) is 7.46. The van der Waals surface area contributed by atoms with Crippen LogP contribution in [0.2, 0.25) is 0 Å².